The Morgan fingerprint density at radius 2 is 1.90 bits per heavy atom. The summed E-state index contributed by atoms with van der Waals surface area (Å²) < 4.78 is 33.7. The molecule has 0 saturated carbocycles. The van der Waals surface area contributed by atoms with E-state index < -0.39 is 29.2 Å². The summed E-state index contributed by atoms with van der Waals surface area (Å²) >= 11 is 1.18. The van der Waals surface area contributed by atoms with Gasteiger partial charge in [0.2, 0.25) is 5.91 Å². The predicted molar refractivity (Wildman–Crippen MR) is 149 cm³/mol. The molecule has 4 heterocycles. The molecule has 14 heteroatoms. The van der Waals surface area contributed by atoms with Gasteiger partial charge in [-0.15, -0.1) is 4.80 Å². The van der Waals surface area contributed by atoms with E-state index in [2.05, 4.69) is 10.2 Å². The van der Waals surface area contributed by atoms with Gasteiger partial charge in [-0.2, -0.15) is 10.2 Å². The molecule has 1 aliphatic rings. The number of aromatic nitrogens is 5. The van der Waals surface area contributed by atoms with Gasteiger partial charge in [0.25, 0.3) is 5.56 Å². The Morgan fingerprint density at radius 1 is 1.15 bits per heavy atom. The van der Waals surface area contributed by atoms with Crippen LogP contribution in [0.5, 0.6) is 5.75 Å². The molecule has 0 radical (unpaired) electrons. The molecule has 5 rings (SSSR count). The Morgan fingerprint density at radius 3 is 2.61 bits per heavy atom. The third-order valence-electron chi connectivity index (χ3n) is 7.26. The largest absolute Gasteiger partial charge is 0.496 e. The first-order valence-electron chi connectivity index (χ1n) is 13.1. The van der Waals surface area contributed by atoms with Crippen molar-refractivity contribution in [3.8, 4) is 10.8 Å². The first-order chi connectivity index (χ1) is 19.8. The Kier molecular flexibility index (Phi) is 8.33. The molecule has 1 fully saturated rings. The van der Waals surface area contributed by atoms with E-state index in [1.165, 1.54) is 70.4 Å². The molecule has 4 aromatic rings. The van der Waals surface area contributed by atoms with Crippen molar-refractivity contribution in [3.63, 3.8) is 0 Å². The molecule has 0 spiro atoms. The molecule has 41 heavy (non-hydrogen) atoms. The van der Waals surface area contributed by atoms with Gasteiger partial charge in [0.15, 0.2) is 0 Å². The number of piperidine rings is 1. The lowest BCUT2D eigenvalue weighted by molar-refractivity contribution is -0.136. The van der Waals surface area contributed by atoms with Crippen LogP contribution in [0.3, 0.4) is 0 Å². The minimum atomic E-state index is -0.952. The van der Waals surface area contributed by atoms with Crippen molar-refractivity contribution in [1.82, 2.24) is 29.0 Å². The van der Waals surface area contributed by atoms with Crippen molar-refractivity contribution in [2.75, 3.05) is 41.0 Å². The SMILES string of the molecule is COCCO[C@@H](Cn1c(=O)n([C@@H]2CCCN(C)C2=O)c(=O)c2c(C)c(-n3nccn3)sc21)c1cc(F)ccc1OC. The Hall–Kier alpha value is -3.88. The topological polar surface area (TPSA) is 123 Å². The number of likely N-dealkylation sites (N-methyl/N-ethyl adjacent to an activating group) is 1. The van der Waals surface area contributed by atoms with Crippen molar-refractivity contribution in [1.29, 1.82) is 0 Å². The van der Waals surface area contributed by atoms with E-state index in [9.17, 15) is 18.8 Å². The maximum atomic E-state index is 14.4. The highest BCUT2D eigenvalue weighted by atomic mass is 32.1. The number of hydrogen-bond donors (Lipinski definition) is 0. The van der Waals surface area contributed by atoms with Crippen LogP contribution in [0.15, 0.2) is 40.2 Å². The summed E-state index contributed by atoms with van der Waals surface area (Å²) in [5.41, 5.74) is -0.252. The molecule has 0 N–H and O–H groups in total. The monoisotopic (exact) mass is 586 g/mol. The van der Waals surface area contributed by atoms with Crippen LogP contribution in [0.25, 0.3) is 15.2 Å². The summed E-state index contributed by atoms with van der Waals surface area (Å²) in [6.45, 7) is 2.61. The van der Waals surface area contributed by atoms with Crippen molar-refractivity contribution < 1.29 is 23.4 Å². The van der Waals surface area contributed by atoms with Gasteiger partial charge in [0, 0.05) is 31.8 Å². The predicted octanol–water partition coefficient (Wildman–Crippen LogP) is 2.46. The molecule has 0 aliphatic carbocycles. The lowest BCUT2D eigenvalue weighted by Gasteiger charge is -2.30. The van der Waals surface area contributed by atoms with Gasteiger partial charge in [-0.25, -0.2) is 13.8 Å². The summed E-state index contributed by atoms with van der Waals surface area (Å²) in [6.07, 6.45) is 3.17. The van der Waals surface area contributed by atoms with Crippen LogP contribution >= 0.6 is 11.3 Å². The van der Waals surface area contributed by atoms with Crippen LogP contribution < -0.4 is 16.0 Å². The maximum absolute atomic E-state index is 14.4. The summed E-state index contributed by atoms with van der Waals surface area (Å²) in [5.74, 6) is -0.430. The minimum Gasteiger partial charge on any atom is -0.496 e. The number of thiophene rings is 1. The summed E-state index contributed by atoms with van der Waals surface area (Å²) in [7, 11) is 4.65. The van der Waals surface area contributed by atoms with Crippen molar-refractivity contribution in [2.24, 2.45) is 0 Å². The number of carbonyl (C=O) groups is 1. The van der Waals surface area contributed by atoms with E-state index in [0.717, 1.165) is 4.57 Å². The highest BCUT2D eigenvalue weighted by Gasteiger charge is 2.33. The van der Waals surface area contributed by atoms with Crippen LogP contribution in [0.4, 0.5) is 4.39 Å². The molecule has 218 valence electrons. The summed E-state index contributed by atoms with van der Waals surface area (Å²) in [6, 6.07) is 3.11. The van der Waals surface area contributed by atoms with Gasteiger partial charge in [-0.3, -0.25) is 14.2 Å². The molecule has 1 aliphatic heterocycles. The highest BCUT2D eigenvalue weighted by Crippen LogP contribution is 2.34. The fourth-order valence-electron chi connectivity index (χ4n) is 5.19. The fraction of sp³-hybridized carbons (Fsp3) is 0.444. The second-order valence-corrected chi connectivity index (χ2v) is 10.7. The number of fused-ring (bicyclic) bond motifs is 1. The summed E-state index contributed by atoms with van der Waals surface area (Å²) in [5, 5.41) is 9.26. The lowest BCUT2D eigenvalue weighted by Crippen LogP contribution is -2.49. The van der Waals surface area contributed by atoms with Gasteiger partial charge in [-0.1, -0.05) is 11.3 Å². The number of carbonyl (C=O) groups excluding carboxylic acids is 1. The number of aryl methyl sites for hydroxylation is 1. The Bertz CT molecular complexity index is 1680. The molecular weight excluding hydrogens is 555 g/mol. The molecule has 0 unspecified atom stereocenters. The first kappa shape index (κ1) is 28.6. The van der Waals surface area contributed by atoms with Crippen LogP contribution in [-0.4, -0.2) is 76.0 Å². The summed E-state index contributed by atoms with van der Waals surface area (Å²) in [4.78, 5) is 44.7. The second-order valence-electron chi connectivity index (χ2n) is 9.76. The lowest BCUT2D eigenvalue weighted by atomic mass is 10.0. The molecule has 2 atom stereocenters. The van der Waals surface area contributed by atoms with E-state index in [1.54, 1.807) is 14.0 Å². The molecule has 0 bridgehead atoms. The normalized spacial score (nSPS) is 16.5. The fourth-order valence-corrected chi connectivity index (χ4v) is 6.41. The van der Waals surface area contributed by atoms with Gasteiger partial charge < -0.3 is 19.1 Å². The quantitative estimate of drug-likeness (QED) is 0.260. The molecule has 1 saturated heterocycles. The number of ether oxygens (including phenoxy) is 3. The molecule has 1 aromatic carbocycles. The third-order valence-corrected chi connectivity index (χ3v) is 8.54. The van der Waals surface area contributed by atoms with Gasteiger partial charge in [0.05, 0.1) is 44.6 Å². The van der Waals surface area contributed by atoms with Gasteiger partial charge in [0.1, 0.15) is 33.5 Å². The number of benzene rings is 1. The second kappa shape index (κ2) is 11.9. The first-order valence-corrected chi connectivity index (χ1v) is 13.9. The zero-order valence-corrected chi connectivity index (χ0v) is 24.0. The third kappa shape index (κ3) is 5.29. The molecule has 1 amide bonds. The number of likely N-dealkylation sites (tertiary alicyclic amines) is 1. The minimum absolute atomic E-state index is 0.0954. The average Bonchev–Trinajstić information content (AvgIpc) is 3.60. The number of amides is 1. The van der Waals surface area contributed by atoms with Crippen molar-refractivity contribution >= 4 is 27.5 Å². The zero-order valence-electron chi connectivity index (χ0n) is 23.2. The smallest absolute Gasteiger partial charge is 0.332 e. The maximum Gasteiger partial charge on any atom is 0.332 e. The molecule has 12 nitrogen and oxygen atoms in total. The molecular formula is C27H31FN6O6S. The Balaban J connectivity index is 1.75. The Labute approximate surface area is 238 Å². The van der Waals surface area contributed by atoms with Crippen LogP contribution in [-0.2, 0) is 20.8 Å². The van der Waals surface area contributed by atoms with Gasteiger partial charge in [-0.05, 0) is 38.0 Å². The number of nitrogens with zero attached hydrogens (tertiary/aromatic N) is 6. The van der Waals surface area contributed by atoms with Gasteiger partial charge >= 0.3 is 5.69 Å². The number of rotatable bonds is 10. The van der Waals surface area contributed by atoms with Crippen LogP contribution in [0.2, 0.25) is 0 Å². The van der Waals surface area contributed by atoms with Crippen molar-refractivity contribution in [2.45, 2.75) is 38.5 Å². The number of hydrogen-bond acceptors (Lipinski definition) is 9. The van der Waals surface area contributed by atoms with Crippen LogP contribution in [0.1, 0.15) is 36.1 Å². The van der Waals surface area contributed by atoms with E-state index in [0.29, 0.717) is 46.1 Å². The van der Waals surface area contributed by atoms with Crippen LogP contribution in [0, 0.1) is 12.7 Å². The average molecular weight is 587 g/mol. The highest BCUT2D eigenvalue weighted by molar-refractivity contribution is 7.21. The zero-order chi connectivity index (χ0) is 29.3. The van der Waals surface area contributed by atoms with E-state index >= 15 is 0 Å². The van der Waals surface area contributed by atoms with E-state index in [4.69, 9.17) is 14.2 Å². The van der Waals surface area contributed by atoms with Crippen molar-refractivity contribution in [3.05, 3.63) is 68.4 Å². The van der Waals surface area contributed by atoms with E-state index in [-0.39, 0.29) is 31.1 Å². The number of halogens is 1. The molecule has 3 aromatic heterocycles. The number of methoxy groups -OCH3 is 2. The van der Waals surface area contributed by atoms with E-state index in [1.807, 2.05) is 0 Å². The standard InChI is InChI=1S/C27H31FN6O6S/c1-16-22-24(36)33(19-6-5-11-31(2)23(19)35)27(37)32(26(22)41-25(16)34-29-9-10-30-34)15-21(40-13-12-38-3)18-14-17(28)7-8-20(18)39-4/h7-10,14,19,21H,5-6,11-13,15H2,1-4H3/t19-,21+/m1/s1.